The van der Waals surface area contributed by atoms with Crippen molar-refractivity contribution in [2.24, 2.45) is 0 Å². The molecule has 2 aromatic rings. The first kappa shape index (κ1) is 16.5. The largest absolute Gasteiger partial charge is 0.573 e. The van der Waals surface area contributed by atoms with E-state index in [0.717, 1.165) is 18.5 Å². The zero-order chi connectivity index (χ0) is 17.0. The van der Waals surface area contributed by atoms with Gasteiger partial charge in [0, 0.05) is 24.1 Å². The summed E-state index contributed by atoms with van der Waals surface area (Å²) in [5, 5.41) is 11.2. The molecule has 1 aromatic heterocycles. The number of hydrogen-bond acceptors (Lipinski definition) is 6. The van der Waals surface area contributed by atoms with Crippen LogP contribution in [0, 0.1) is 6.92 Å². The number of aryl methyl sites for hydroxylation is 1. The van der Waals surface area contributed by atoms with Crippen LogP contribution in [0.15, 0.2) is 30.6 Å². The Balaban J connectivity index is 2.18. The van der Waals surface area contributed by atoms with Crippen molar-refractivity contribution in [3.8, 4) is 5.75 Å². The molecule has 0 aliphatic heterocycles. The highest BCUT2D eigenvalue weighted by atomic mass is 19.4. The minimum atomic E-state index is -4.79. The van der Waals surface area contributed by atoms with Crippen LogP contribution in [0.4, 0.5) is 24.8 Å². The number of amides is 1. The van der Waals surface area contributed by atoms with E-state index in [2.05, 4.69) is 20.0 Å². The van der Waals surface area contributed by atoms with Crippen molar-refractivity contribution in [2.45, 2.75) is 13.3 Å². The van der Waals surface area contributed by atoms with E-state index < -0.39 is 12.3 Å². The molecule has 0 saturated carbocycles. The molecule has 0 aliphatic carbocycles. The lowest BCUT2D eigenvalue weighted by Gasteiger charge is -2.12. The molecule has 2 rings (SSSR count). The van der Waals surface area contributed by atoms with E-state index in [0.29, 0.717) is 5.56 Å². The normalized spacial score (nSPS) is 11.0. The van der Waals surface area contributed by atoms with Gasteiger partial charge in [0.1, 0.15) is 5.75 Å². The Labute approximate surface area is 128 Å². The minimum Gasteiger partial charge on any atom is -0.406 e. The maximum absolute atomic E-state index is 12.3. The molecular weight excluding hydrogens is 317 g/mol. The van der Waals surface area contributed by atoms with Crippen LogP contribution < -0.4 is 15.5 Å². The number of aromatic nitrogens is 2. The van der Waals surface area contributed by atoms with Crippen LogP contribution in [0.3, 0.4) is 0 Å². The summed E-state index contributed by atoms with van der Waals surface area (Å²) in [5.41, 5.74) is 2.26. The molecular formula is C13H11F3N4O3. The molecule has 0 spiro atoms. The van der Waals surface area contributed by atoms with Gasteiger partial charge in [-0.25, -0.2) is 15.4 Å². The topological polar surface area (TPSA) is 96.4 Å². The fourth-order valence-electron chi connectivity index (χ4n) is 1.72. The molecule has 10 heteroatoms. The molecule has 0 radical (unpaired) electrons. The van der Waals surface area contributed by atoms with Crippen LogP contribution in [0.5, 0.6) is 5.75 Å². The van der Waals surface area contributed by atoms with Gasteiger partial charge < -0.3 is 10.1 Å². The number of hydroxylamine groups is 1. The summed E-state index contributed by atoms with van der Waals surface area (Å²) >= 11 is 0. The molecule has 23 heavy (non-hydrogen) atoms. The molecule has 1 heterocycles. The molecule has 0 atom stereocenters. The summed E-state index contributed by atoms with van der Waals surface area (Å²) < 4.78 is 40.6. The van der Waals surface area contributed by atoms with Gasteiger partial charge >= 0.3 is 6.36 Å². The van der Waals surface area contributed by atoms with Gasteiger partial charge in [-0.3, -0.25) is 10.0 Å². The van der Waals surface area contributed by atoms with E-state index in [4.69, 9.17) is 5.21 Å². The average Bonchev–Trinajstić information content (AvgIpc) is 2.44. The van der Waals surface area contributed by atoms with Crippen molar-refractivity contribution in [3.05, 3.63) is 41.7 Å². The number of nitrogens with zero attached hydrogens (tertiary/aromatic N) is 2. The molecule has 0 bridgehead atoms. The van der Waals surface area contributed by atoms with E-state index in [1.165, 1.54) is 11.5 Å². The van der Waals surface area contributed by atoms with Crippen LogP contribution in [0.1, 0.15) is 15.9 Å². The second kappa shape index (κ2) is 6.48. The number of anilines is 2. The first-order valence-electron chi connectivity index (χ1n) is 6.18. The number of alkyl halides is 3. The van der Waals surface area contributed by atoms with Gasteiger partial charge in [-0.15, -0.1) is 13.2 Å². The zero-order valence-corrected chi connectivity index (χ0v) is 11.7. The lowest BCUT2D eigenvalue weighted by Crippen LogP contribution is -2.19. The Morgan fingerprint density at radius 2 is 1.87 bits per heavy atom. The van der Waals surface area contributed by atoms with Gasteiger partial charge in [-0.05, 0) is 24.6 Å². The van der Waals surface area contributed by atoms with E-state index in [1.54, 1.807) is 13.0 Å². The monoisotopic (exact) mass is 328 g/mol. The van der Waals surface area contributed by atoms with E-state index >= 15 is 0 Å². The first-order chi connectivity index (χ1) is 10.8. The van der Waals surface area contributed by atoms with Gasteiger partial charge in [0.15, 0.2) is 0 Å². The summed E-state index contributed by atoms with van der Waals surface area (Å²) in [5.74, 6) is -1.10. The first-order valence-corrected chi connectivity index (χ1v) is 6.18. The van der Waals surface area contributed by atoms with Crippen LogP contribution in [0.2, 0.25) is 0 Å². The van der Waals surface area contributed by atoms with Crippen molar-refractivity contribution in [1.29, 1.82) is 0 Å². The maximum Gasteiger partial charge on any atom is 0.573 e. The third kappa shape index (κ3) is 4.81. The molecule has 7 nitrogen and oxygen atoms in total. The molecule has 3 N–H and O–H groups in total. The molecule has 0 saturated heterocycles. The van der Waals surface area contributed by atoms with Crippen LogP contribution in [-0.4, -0.2) is 27.4 Å². The smallest absolute Gasteiger partial charge is 0.406 e. The second-order valence-electron chi connectivity index (χ2n) is 4.44. The number of nitrogens with one attached hydrogen (secondary N) is 2. The highest BCUT2D eigenvalue weighted by molar-refractivity contribution is 5.92. The zero-order valence-electron chi connectivity index (χ0n) is 11.7. The molecule has 0 aliphatic rings. The van der Waals surface area contributed by atoms with E-state index in [9.17, 15) is 18.0 Å². The Kier molecular flexibility index (Phi) is 4.65. The van der Waals surface area contributed by atoms with Crippen LogP contribution >= 0.6 is 0 Å². The summed E-state index contributed by atoms with van der Waals surface area (Å²) in [7, 11) is 0. The number of hydrogen-bond donors (Lipinski definition) is 3. The number of rotatable bonds is 4. The molecule has 122 valence electrons. The summed E-state index contributed by atoms with van der Waals surface area (Å²) in [6.07, 6.45) is -2.51. The fraction of sp³-hybridized carbons (Fsp3) is 0.154. The number of carbonyl (C=O) groups is 1. The number of carbonyl (C=O) groups excluding carboxylic acids is 1. The Morgan fingerprint density at radius 3 is 2.43 bits per heavy atom. The number of halogens is 3. The molecule has 0 unspecified atom stereocenters. The van der Waals surface area contributed by atoms with Crippen molar-refractivity contribution in [3.63, 3.8) is 0 Å². The van der Waals surface area contributed by atoms with Crippen molar-refractivity contribution >= 4 is 17.5 Å². The molecule has 1 aromatic carbocycles. The summed E-state index contributed by atoms with van der Waals surface area (Å²) in [6.45, 7) is 1.60. The highest BCUT2D eigenvalue weighted by Gasteiger charge is 2.31. The summed E-state index contributed by atoms with van der Waals surface area (Å²) in [4.78, 5) is 18.8. The third-order valence-corrected chi connectivity index (χ3v) is 2.56. The second-order valence-corrected chi connectivity index (χ2v) is 4.44. The van der Waals surface area contributed by atoms with Gasteiger partial charge in [0.2, 0.25) is 5.95 Å². The minimum absolute atomic E-state index is 0.0170. The lowest BCUT2D eigenvalue weighted by atomic mass is 10.2. The Hall–Kier alpha value is -2.88. The molecule has 1 amide bonds. The van der Waals surface area contributed by atoms with Gasteiger partial charge in [0.05, 0.1) is 5.56 Å². The van der Waals surface area contributed by atoms with Crippen molar-refractivity contribution in [2.75, 3.05) is 5.32 Å². The van der Waals surface area contributed by atoms with Crippen molar-refractivity contribution in [1.82, 2.24) is 15.4 Å². The van der Waals surface area contributed by atoms with Gasteiger partial charge in [-0.2, -0.15) is 0 Å². The average molecular weight is 328 g/mol. The van der Waals surface area contributed by atoms with E-state index in [1.807, 2.05) is 0 Å². The number of benzene rings is 1. The maximum atomic E-state index is 12.3. The van der Waals surface area contributed by atoms with Crippen molar-refractivity contribution < 1.29 is 27.9 Å². The van der Waals surface area contributed by atoms with Crippen LogP contribution in [-0.2, 0) is 0 Å². The standard InChI is InChI=1S/C13H11F3N4O3/c1-7-2-9(4-10(3-7)23-13(14,15)16)19-12-17-5-8(6-18-12)11(21)20-22/h2-6,22H,1H3,(H,20,21)(H,17,18,19). The lowest BCUT2D eigenvalue weighted by molar-refractivity contribution is -0.274. The Morgan fingerprint density at radius 1 is 1.22 bits per heavy atom. The van der Waals surface area contributed by atoms with Gasteiger partial charge in [-0.1, -0.05) is 0 Å². The quantitative estimate of drug-likeness (QED) is 0.589. The summed E-state index contributed by atoms with van der Waals surface area (Å²) in [6, 6.07) is 3.94. The predicted octanol–water partition coefficient (Wildman–Crippen LogP) is 2.55. The highest BCUT2D eigenvalue weighted by Crippen LogP contribution is 2.27. The fourth-order valence-corrected chi connectivity index (χ4v) is 1.72. The third-order valence-electron chi connectivity index (χ3n) is 2.56. The number of ether oxygens (including phenoxy) is 1. The van der Waals surface area contributed by atoms with Crippen LogP contribution in [0.25, 0.3) is 0 Å². The van der Waals surface area contributed by atoms with E-state index in [-0.39, 0.29) is 22.9 Å². The predicted molar refractivity (Wildman–Crippen MR) is 72.4 cm³/mol. The SMILES string of the molecule is Cc1cc(Nc2ncc(C(=O)NO)cn2)cc(OC(F)(F)F)c1. The van der Waals surface area contributed by atoms with Gasteiger partial charge in [0.25, 0.3) is 5.91 Å². The molecule has 0 fully saturated rings. The Bertz CT molecular complexity index is 705.